The molecule has 4 aliphatic rings. The van der Waals surface area contributed by atoms with Crippen LogP contribution in [0.25, 0.3) is 17.3 Å². The summed E-state index contributed by atoms with van der Waals surface area (Å²) < 4.78 is 33.8. The first-order valence-electron chi connectivity index (χ1n) is 17.1. The Morgan fingerprint density at radius 1 is 1.30 bits per heavy atom. The summed E-state index contributed by atoms with van der Waals surface area (Å²) in [4.78, 5) is 25.4. The third kappa shape index (κ3) is 5.76. The number of hydrogen-bond donors (Lipinski definition) is 3. The van der Waals surface area contributed by atoms with E-state index in [9.17, 15) is 14.4 Å². The monoisotopic (exact) mass is 702 g/mol. The van der Waals surface area contributed by atoms with Crippen molar-refractivity contribution in [3.63, 3.8) is 0 Å². The van der Waals surface area contributed by atoms with Crippen LogP contribution in [0.1, 0.15) is 72.8 Å². The molecule has 4 N–H and O–H groups in total. The van der Waals surface area contributed by atoms with E-state index in [4.69, 9.17) is 29.7 Å². The molecule has 5 atom stereocenters. The number of carbonyl (C=O) groups is 1. The third-order valence-electron chi connectivity index (χ3n) is 10.5. The van der Waals surface area contributed by atoms with E-state index in [1.807, 2.05) is 18.9 Å². The minimum absolute atomic E-state index is 0.0499. The number of fused-ring (bicyclic) bond motifs is 4. The Labute approximate surface area is 292 Å². The number of hydrogen-bond acceptors (Lipinski definition) is 12. The molecule has 0 aromatic carbocycles. The van der Waals surface area contributed by atoms with Crippen molar-refractivity contribution >= 4 is 28.2 Å². The van der Waals surface area contributed by atoms with Crippen molar-refractivity contribution in [1.29, 1.82) is 5.26 Å². The summed E-state index contributed by atoms with van der Waals surface area (Å²) in [6.45, 7) is 3.35. The molecule has 4 aromatic rings. The molecule has 0 radical (unpaired) electrons. The first-order chi connectivity index (χ1) is 24.2. The topological polar surface area (TPSA) is 182 Å². The van der Waals surface area contributed by atoms with Crippen molar-refractivity contribution in [2.75, 3.05) is 37.9 Å². The molecular weight excluding hydrogens is 664 g/mol. The highest BCUT2D eigenvalue weighted by molar-refractivity contribution is 7.16. The third-order valence-corrected chi connectivity index (χ3v) is 11.6. The van der Waals surface area contributed by atoms with Crippen LogP contribution < -0.4 is 21.1 Å². The number of anilines is 2. The van der Waals surface area contributed by atoms with Gasteiger partial charge in [0.25, 0.3) is 0 Å². The second kappa shape index (κ2) is 12.9. The lowest BCUT2D eigenvalue weighted by Gasteiger charge is -2.39. The van der Waals surface area contributed by atoms with Crippen LogP contribution in [-0.4, -0.2) is 87.0 Å². The number of likely N-dealkylation sites (N-methyl/N-ethyl adjacent to an activating group) is 1. The molecule has 4 aromatic heterocycles. The number of aryl methyl sites for hydroxylation is 1. The maximum absolute atomic E-state index is 14.3. The summed E-state index contributed by atoms with van der Waals surface area (Å²) in [5.74, 6) is 2.02. The van der Waals surface area contributed by atoms with E-state index in [1.165, 1.54) is 16.0 Å². The molecule has 1 spiro atoms. The molecule has 1 unspecified atom stereocenters. The first-order valence-corrected chi connectivity index (χ1v) is 18.0. The highest BCUT2D eigenvalue weighted by Crippen LogP contribution is 2.55. The van der Waals surface area contributed by atoms with Crippen LogP contribution in [0.15, 0.2) is 22.9 Å². The number of nitrogens with two attached hydrogens (primary N) is 1. The number of nitrogen functional groups attached to an aromatic ring is 1. The van der Waals surface area contributed by atoms with Crippen LogP contribution in [0, 0.1) is 11.3 Å². The normalized spacial score (nSPS) is 25.2. The fourth-order valence-corrected chi connectivity index (χ4v) is 9.36. The van der Waals surface area contributed by atoms with Crippen LogP contribution in [0.5, 0.6) is 5.88 Å². The molecule has 2 aliphatic heterocycles. The van der Waals surface area contributed by atoms with E-state index in [-0.39, 0.29) is 30.1 Å². The van der Waals surface area contributed by atoms with Gasteiger partial charge in [-0.25, -0.2) is 18.9 Å². The Kier molecular flexibility index (Phi) is 8.44. The fraction of sp³-hybridized carbons (Fsp3) is 0.529. The van der Waals surface area contributed by atoms with Crippen molar-refractivity contribution in [2.45, 2.75) is 88.1 Å². The van der Waals surface area contributed by atoms with Crippen molar-refractivity contribution < 1.29 is 23.2 Å². The zero-order chi connectivity index (χ0) is 34.6. The number of rotatable bonds is 7. The molecule has 8 rings (SSSR count). The van der Waals surface area contributed by atoms with Crippen LogP contribution >= 0.6 is 11.3 Å². The standard InChI is InChI=1S/C34H39FN10O4S/c1-18(23-13-19(35)16-44(23)2)48-27-14-26(45-11-7-25(42-45)39-33(46)38-20-8-12-47-17-20)40-32(41-27)29-21-5-3-9-34(30(21)49-43-29)10-4-6-24-28(34)22(15-36)31(37)50-24/h7,11,14,18-20,23H,3-6,8-10,12-13,16-17,37H2,1-2H3,(H2,38,39,42,46)/t18-,19+,20-,23-,34?/m0/s1. The average Bonchev–Trinajstić information content (AvgIpc) is 3.93. The van der Waals surface area contributed by atoms with E-state index < -0.39 is 11.6 Å². The lowest BCUT2D eigenvalue weighted by atomic mass is 9.63. The molecule has 0 bridgehead atoms. The van der Waals surface area contributed by atoms with Crippen molar-refractivity contribution in [3.8, 4) is 29.3 Å². The summed E-state index contributed by atoms with van der Waals surface area (Å²) in [6, 6.07) is 5.15. The van der Waals surface area contributed by atoms with E-state index in [0.717, 1.165) is 60.3 Å². The van der Waals surface area contributed by atoms with Gasteiger partial charge in [0.1, 0.15) is 23.3 Å². The number of amides is 2. The van der Waals surface area contributed by atoms with Gasteiger partial charge in [0.15, 0.2) is 28.9 Å². The number of likely N-dealkylation sites (tertiary alicyclic amines) is 1. The van der Waals surface area contributed by atoms with Crippen LogP contribution in [0.2, 0.25) is 0 Å². The van der Waals surface area contributed by atoms with E-state index >= 15 is 0 Å². The largest absolute Gasteiger partial charge is 0.473 e. The first kappa shape index (κ1) is 32.6. The Bertz CT molecular complexity index is 1960. The minimum Gasteiger partial charge on any atom is -0.473 e. The zero-order valence-corrected chi connectivity index (χ0v) is 28.8. The van der Waals surface area contributed by atoms with E-state index in [2.05, 4.69) is 27.0 Å². The summed E-state index contributed by atoms with van der Waals surface area (Å²) in [6.07, 6.45) is 6.56. The number of nitrogens with zero attached hydrogens (tertiary/aromatic N) is 7. The number of ether oxygens (including phenoxy) is 2. The molecule has 2 saturated heterocycles. The number of nitrogens with one attached hydrogen (secondary N) is 2. The number of halogens is 1. The van der Waals surface area contributed by atoms with Gasteiger partial charge in [-0.1, -0.05) is 5.16 Å². The van der Waals surface area contributed by atoms with Crippen molar-refractivity contribution in [1.82, 2.24) is 35.1 Å². The molecule has 2 fully saturated rings. The Balaban J connectivity index is 1.16. The van der Waals surface area contributed by atoms with Crippen molar-refractivity contribution in [3.05, 3.63) is 45.7 Å². The summed E-state index contributed by atoms with van der Waals surface area (Å²) in [5, 5.41) is 25.5. The van der Waals surface area contributed by atoms with Gasteiger partial charge >= 0.3 is 6.03 Å². The van der Waals surface area contributed by atoms with E-state index in [1.54, 1.807) is 18.3 Å². The SMILES string of the molecule is C[C@H](Oc1cc(-n2ccc(NC(=O)N[C@H]3CCOC3)n2)nc(-c2noc3c2CCCC32CCCc3sc(N)c(C#N)c32)n1)[C@@H]1C[C@@H](F)CN1C. The van der Waals surface area contributed by atoms with Gasteiger partial charge in [-0.15, -0.1) is 16.4 Å². The van der Waals surface area contributed by atoms with Crippen molar-refractivity contribution in [2.24, 2.45) is 0 Å². The zero-order valence-electron chi connectivity index (χ0n) is 27.9. The Morgan fingerprint density at radius 2 is 2.14 bits per heavy atom. The van der Waals surface area contributed by atoms with Gasteiger partial charge < -0.3 is 25.0 Å². The second-order valence-electron chi connectivity index (χ2n) is 13.7. The van der Waals surface area contributed by atoms with Crippen LogP contribution in [0.4, 0.5) is 20.0 Å². The summed E-state index contributed by atoms with van der Waals surface area (Å²) in [7, 11) is 1.89. The lowest BCUT2D eigenvalue weighted by Crippen LogP contribution is -2.38. The second-order valence-corrected chi connectivity index (χ2v) is 14.9. The van der Waals surface area contributed by atoms with Gasteiger partial charge in [0.05, 0.1) is 23.6 Å². The molecule has 6 heterocycles. The van der Waals surface area contributed by atoms with E-state index in [0.29, 0.717) is 66.3 Å². The maximum atomic E-state index is 14.3. The van der Waals surface area contributed by atoms with Gasteiger partial charge in [-0.2, -0.15) is 10.2 Å². The molecule has 0 saturated carbocycles. The van der Waals surface area contributed by atoms with Gasteiger partial charge in [0, 0.05) is 48.0 Å². The van der Waals surface area contributed by atoms with Gasteiger partial charge in [0.2, 0.25) is 5.88 Å². The number of aromatic nitrogens is 5. The Morgan fingerprint density at radius 3 is 2.90 bits per heavy atom. The van der Waals surface area contributed by atoms with Crippen LogP contribution in [-0.2, 0) is 23.0 Å². The molecule has 262 valence electrons. The quantitative estimate of drug-likeness (QED) is 0.246. The lowest BCUT2D eigenvalue weighted by molar-refractivity contribution is 0.117. The number of nitriles is 1. The smallest absolute Gasteiger partial charge is 0.320 e. The molecule has 14 nitrogen and oxygen atoms in total. The van der Waals surface area contributed by atoms with Gasteiger partial charge in [-0.3, -0.25) is 10.2 Å². The number of alkyl halides is 1. The number of thiophene rings is 1. The fourth-order valence-electron chi connectivity index (χ4n) is 8.20. The van der Waals surface area contributed by atoms with Gasteiger partial charge in [-0.05, 0) is 70.9 Å². The highest BCUT2D eigenvalue weighted by atomic mass is 32.1. The molecule has 50 heavy (non-hydrogen) atoms. The number of carbonyl (C=O) groups excluding carboxylic acids is 1. The highest BCUT2D eigenvalue weighted by Gasteiger charge is 2.49. The Hall–Kier alpha value is -4.59. The minimum atomic E-state index is -0.921. The average molecular weight is 703 g/mol. The van der Waals surface area contributed by atoms with Crippen LogP contribution in [0.3, 0.4) is 0 Å². The predicted octanol–water partition coefficient (Wildman–Crippen LogP) is 4.51. The predicted molar refractivity (Wildman–Crippen MR) is 182 cm³/mol. The molecular formula is C34H39FN10O4S. The molecule has 16 heteroatoms. The summed E-state index contributed by atoms with van der Waals surface area (Å²) in [5.41, 5.74) is 8.77. The molecule has 2 amide bonds. The summed E-state index contributed by atoms with van der Waals surface area (Å²) >= 11 is 1.50. The molecule has 2 aliphatic carbocycles. The number of urea groups is 1. The maximum Gasteiger partial charge on any atom is 0.320 e.